The van der Waals surface area contributed by atoms with Crippen LogP contribution in [0.5, 0.6) is 5.75 Å². The zero-order valence-corrected chi connectivity index (χ0v) is 16.5. The fraction of sp³-hybridized carbons (Fsp3) is 0.333. The summed E-state index contributed by atoms with van der Waals surface area (Å²) in [4.78, 5) is 17.1. The molecule has 0 radical (unpaired) electrons. The molecule has 0 saturated carbocycles. The summed E-state index contributed by atoms with van der Waals surface area (Å²) >= 11 is 1.58. The van der Waals surface area contributed by atoms with Crippen LogP contribution in [0.4, 0.5) is 0 Å². The van der Waals surface area contributed by atoms with Gasteiger partial charge >= 0.3 is 0 Å². The molecule has 0 spiro atoms. The van der Waals surface area contributed by atoms with Crippen molar-refractivity contribution in [1.29, 1.82) is 0 Å². The average molecular weight is 398 g/mol. The maximum Gasteiger partial charge on any atom is 0.255 e. The summed E-state index contributed by atoms with van der Waals surface area (Å²) < 4.78 is 17.2. The number of rotatable bonds is 7. The number of carbonyl (C=O) groups is 1. The van der Waals surface area contributed by atoms with Gasteiger partial charge in [-0.3, -0.25) is 4.79 Å². The van der Waals surface area contributed by atoms with E-state index in [4.69, 9.17) is 13.9 Å². The minimum Gasteiger partial charge on any atom is -0.490 e. The molecular weight excluding hydrogens is 376 g/mol. The Morgan fingerprint density at radius 3 is 3.00 bits per heavy atom. The molecule has 1 amide bonds. The summed E-state index contributed by atoms with van der Waals surface area (Å²) in [7, 11) is 0. The summed E-state index contributed by atoms with van der Waals surface area (Å²) in [5.41, 5.74) is 1.32. The molecule has 0 bridgehead atoms. The number of thiazole rings is 1. The van der Waals surface area contributed by atoms with Gasteiger partial charge in [-0.15, -0.1) is 11.3 Å². The van der Waals surface area contributed by atoms with Gasteiger partial charge in [0, 0.05) is 12.0 Å². The smallest absolute Gasteiger partial charge is 0.255 e. The van der Waals surface area contributed by atoms with Crippen LogP contribution >= 0.6 is 11.3 Å². The van der Waals surface area contributed by atoms with Gasteiger partial charge in [-0.25, -0.2) is 4.98 Å². The Kier molecular flexibility index (Phi) is 5.73. The number of carbonyl (C=O) groups excluding carboxylic acids is 1. The van der Waals surface area contributed by atoms with Gasteiger partial charge in [-0.2, -0.15) is 0 Å². The van der Waals surface area contributed by atoms with Crippen LogP contribution in [0.1, 0.15) is 34.0 Å². The number of amides is 1. The van der Waals surface area contributed by atoms with E-state index >= 15 is 0 Å². The fourth-order valence-corrected chi connectivity index (χ4v) is 3.69. The first-order chi connectivity index (χ1) is 13.7. The minimum atomic E-state index is -0.203. The average Bonchev–Trinajstić information content (AvgIpc) is 3.46. The Morgan fingerprint density at radius 1 is 1.32 bits per heavy atom. The highest BCUT2D eigenvalue weighted by Gasteiger charge is 2.18. The van der Waals surface area contributed by atoms with Gasteiger partial charge in [0.25, 0.3) is 5.91 Å². The second-order valence-corrected chi connectivity index (χ2v) is 7.70. The summed E-state index contributed by atoms with van der Waals surface area (Å²) in [6.07, 6.45) is 2.15. The molecule has 1 aliphatic heterocycles. The number of aromatic nitrogens is 1. The Balaban J connectivity index is 1.37. The molecule has 6 nitrogen and oxygen atoms in total. The second-order valence-electron chi connectivity index (χ2n) is 6.64. The SMILES string of the molecule is Cc1nc(-c2ccc(CNC(=O)c3ccccc3OCC3CCCO3)o2)cs1. The van der Waals surface area contributed by atoms with Crippen LogP contribution in [0.3, 0.4) is 0 Å². The van der Waals surface area contributed by atoms with Crippen molar-refractivity contribution in [2.45, 2.75) is 32.4 Å². The number of furan rings is 1. The molecule has 1 aliphatic rings. The number of benzene rings is 1. The maximum atomic E-state index is 12.6. The number of ether oxygens (including phenoxy) is 2. The van der Waals surface area contributed by atoms with Crippen molar-refractivity contribution in [3.8, 4) is 17.2 Å². The zero-order chi connectivity index (χ0) is 19.3. The van der Waals surface area contributed by atoms with Crippen molar-refractivity contribution in [1.82, 2.24) is 10.3 Å². The van der Waals surface area contributed by atoms with Crippen molar-refractivity contribution < 1.29 is 18.7 Å². The monoisotopic (exact) mass is 398 g/mol. The molecule has 1 aromatic carbocycles. The molecule has 3 heterocycles. The lowest BCUT2D eigenvalue weighted by Gasteiger charge is -2.14. The zero-order valence-electron chi connectivity index (χ0n) is 15.6. The van der Waals surface area contributed by atoms with Gasteiger partial charge in [0.15, 0.2) is 5.76 Å². The summed E-state index contributed by atoms with van der Waals surface area (Å²) in [5, 5.41) is 5.84. The molecule has 4 rings (SSSR count). The van der Waals surface area contributed by atoms with E-state index in [1.54, 1.807) is 23.5 Å². The summed E-state index contributed by atoms with van der Waals surface area (Å²) in [6.45, 7) is 3.49. The van der Waals surface area contributed by atoms with Crippen molar-refractivity contribution in [2.75, 3.05) is 13.2 Å². The number of hydrogen-bond donors (Lipinski definition) is 1. The first-order valence-corrected chi connectivity index (χ1v) is 10.2. The van der Waals surface area contributed by atoms with Gasteiger partial charge in [0.05, 0.1) is 23.2 Å². The first-order valence-electron chi connectivity index (χ1n) is 9.32. The van der Waals surface area contributed by atoms with E-state index < -0.39 is 0 Å². The maximum absolute atomic E-state index is 12.6. The summed E-state index contributed by atoms with van der Waals surface area (Å²) in [5.74, 6) is 1.74. The van der Waals surface area contributed by atoms with Crippen LogP contribution < -0.4 is 10.1 Å². The lowest BCUT2D eigenvalue weighted by molar-refractivity contribution is 0.0670. The molecule has 28 heavy (non-hydrogen) atoms. The molecule has 146 valence electrons. The van der Waals surface area contributed by atoms with Crippen molar-refractivity contribution >= 4 is 17.2 Å². The van der Waals surface area contributed by atoms with E-state index in [9.17, 15) is 4.79 Å². The van der Waals surface area contributed by atoms with Crippen LogP contribution in [0.15, 0.2) is 46.2 Å². The minimum absolute atomic E-state index is 0.104. The lowest BCUT2D eigenvalue weighted by atomic mass is 10.2. The van der Waals surface area contributed by atoms with E-state index in [2.05, 4.69) is 10.3 Å². The molecule has 0 aliphatic carbocycles. The van der Waals surface area contributed by atoms with Crippen molar-refractivity contribution in [3.63, 3.8) is 0 Å². The van der Waals surface area contributed by atoms with Gasteiger partial charge in [0.2, 0.25) is 0 Å². The van der Waals surface area contributed by atoms with Crippen molar-refractivity contribution in [2.24, 2.45) is 0 Å². The van der Waals surface area contributed by atoms with E-state index in [1.807, 2.05) is 36.6 Å². The van der Waals surface area contributed by atoms with Crippen LogP contribution in [-0.4, -0.2) is 30.2 Å². The Morgan fingerprint density at radius 2 is 2.21 bits per heavy atom. The molecule has 3 aromatic rings. The van der Waals surface area contributed by atoms with E-state index in [0.29, 0.717) is 36.0 Å². The number of hydrogen-bond acceptors (Lipinski definition) is 6. The van der Waals surface area contributed by atoms with E-state index in [1.165, 1.54) is 0 Å². The van der Waals surface area contributed by atoms with Gasteiger partial charge in [-0.1, -0.05) is 12.1 Å². The van der Waals surface area contributed by atoms with E-state index in [-0.39, 0.29) is 12.0 Å². The number of aryl methyl sites for hydroxylation is 1. The predicted molar refractivity (Wildman–Crippen MR) is 107 cm³/mol. The third kappa shape index (κ3) is 4.43. The molecule has 1 atom stereocenters. The Labute approximate surface area is 167 Å². The molecule has 1 N–H and O–H groups in total. The second kappa shape index (κ2) is 8.58. The predicted octanol–water partition coefficient (Wildman–Crippen LogP) is 4.20. The largest absolute Gasteiger partial charge is 0.490 e. The number of nitrogens with zero attached hydrogens (tertiary/aromatic N) is 1. The molecule has 1 saturated heterocycles. The standard InChI is InChI=1S/C21H22N2O4S/c1-14-23-18(13-28-14)20-9-8-15(27-20)11-22-21(24)17-6-2-3-7-19(17)26-12-16-5-4-10-25-16/h2-3,6-9,13,16H,4-5,10-12H2,1H3,(H,22,24). The highest BCUT2D eigenvalue weighted by atomic mass is 32.1. The third-order valence-electron chi connectivity index (χ3n) is 4.54. The van der Waals surface area contributed by atoms with Gasteiger partial charge in [-0.05, 0) is 44.0 Å². The van der Waals surface area contributed by atoms with Crippen molar-refractivity contribution in [3.05, 3.63) is 58.1 Å². The third-order valence-corrected chi connectivity index (χ3v) is 5.31. The fourth-order valence-electron chi connectivity index (χ4n) is 3.09. The number of para-hydroxylation sites is 1. The highest BCUT2D eigenvalue weighted by Crippen LogP contribution is 2.24. The molecule has 1 fully saturated rings. The molecule has 2 aromatic heterocycles. The molecule has 7 heteroatoms. The first kappa shape index (κ1) is 18.7. The Bertz CT molecular complexity index is 943. The van der Waals surface area contributed by atoms with Crippen LogP contribution in [0.2, 0.25) is 0 Å². The summed E-state index contributed by atoms with van der Waals surface area (Å²) in [6, 6.07) is 11.0. The molecular formula is C21H22N2O4S. The topological polar surface area (TPSA) is 73.6 Å². The van der Waals surface area contributed by atoms with Crippen LogP contribution in [0.25, 0.3) is 11.5 Å². The number of nitrogens with one attached hydrogen (secondary N) is 1. The Hall–Kier alpha value is -2.64. The molecule has 1 unspecified atom stereocenters. The van der Waals surface area contributed by atoms with Crippen LogP contribution in [-0.2, 0) is 11.3 Å². The van der Waals surface area contributed by atoms with Gasteiger partial charge in [0.1, 0.15) is 23.8 Å². The van der Waals surface area contributed by atoms with E-state index in [0.717, 1.165) is 30.2 Å². The quantitative estimate of drug-likeness (QED) is 0.646. The highest BCUT2D eigenvalue weighted by molar-refractivity contribution is 7.09. The van der Waals surface area contributed by atoms with Crippen LogP contribution in [0, 0.1) is 6.92 Å². The lowest BCUT2D eigenvalue weighted by Crippen LogP contribution is -2.24. The normalized spacial score (nSPS) is 16.2. The van der Waals surface area contributed by atoms with Gasteiger partial charge < -0.3 is 19.2 Å².